The maximum Gasteiger partial charge on any atom is 0.174 e. The van der Waals surface area contributed by atoms with Crippen molar-refractivity contribution in [1.29, 1.82) is 0 Å². The molecule has 3 heterocycles. The first kappa shape index (κ1) is 13.5. The molecule has 2 aromatic rings. The van der Waals surface area contributed by atoms with Gasteiger partial charge in [0.2, 0.25) is 0 Å². The van der Waals surface area contributed by atoms with Crippen molar-refractivity contribution in [2.24, 2.45) is 0 Å². The molecular weight excluding hydrogens is 276 g/mol. The summed E-state index contributed by atoms with van der Waals surface area (Å²) in [6.07, 6.45) is 2.06. The summed E-state index contributed by atoms with van der Waals surface area (Å²) in [5.41, 5.74) is 0.889. The first-order valence-corrected chi connectivity index (χ1v) is 7.48. The number of hydrogen-bond acceptors (Lipinski definition) is 6. The van der Waals surface area contributed by atoms with E-state index in [-0.39, 0.29) is 11.8 Å². The summed E-state index contributed by atoms with van der Waals surface area (Å²) in [6, 6.07) is 5.74. The van der Waals surface area contributed by atoms with E-state index in [2.05, 4.69) is 10.1 Å². The summed E-state index contributed by atoms with van der Waals surface area (Å²) in [5.74, 6) is 0.181. The summed E-state index contributed by atoms with van der Waals surface area (Å²) < 4.78 is 10.4. The minimum atomic E-state index is 0.107. The number of carbonyl (C=O) groups is 1. The van der Waals surface area contributed by atoms with Gasteiger partial charge in [-0.2, -0.15) is 0 Å². The molecule has 3 rings (SSSR count). The number of thiophene rings is 1. The number of ketones is 1. The average molecular weight is 292 g/mol. The van der Waals surface area contributed by atoms with Crippen LogP contribution in [0.1, 0.15) is 21.8 Å². The van der Waals surface area contributed by atoms with Crippen LogP contribution in [0.25, 0.3) is 0 Å². The van der Waals surface area contributed by atoms with Gasteiger partial charge in [0.05, 0.1) is 23.8 Å². The summed E-state index contributed by atoms with van der Waals surface area (Å²) in [6.45, 7) is 2.80. The van der Waals surface area contributed by atoms with E-state index < -0.39 is 0 Å². The quantitative estimate of drug-likeness (QED) is 0.791. The lowest BCUT2D eigenvalue weighted by Gasteiger charge is -2.34. The second-order valence-corrected chi connectivity index (χ2v) is 5.74. The van der Waals surface area contributed by atoms with Crippen LogP contribution >= 0.6 is 11.3 Å². The normalized spacial score (nSPS) is 20.1. The number of aromatic nitrogens is 1. The standard InChI is InChI=1S/C14H16N2O3S/c17-13(14-2-1-7-20-14)8-12-10-18-6-4-16(12)9-11-3-5-19-15-11/h1-3,5,7,12H,4,6,8-10H2. The molecule has 0 radical (unpaired) electrons. The highest BCUT2D eigenvalue weighted by atomic mass is 32.1. The fraction of sp³-hybridized carbons (Fsp3) is 0.429. The summed E-state index contributed by atoms with van der Waals surface area (Å²) in [7, 11) is 0. The third kappa shape index (κ3) is 3.15. The number of carbonyl (C=O) groups excluding carboxylic acids is 1. The smallest absolute Gasteiger partial charge is 0.174 e. The molecule has 5 nitrogen and oxygen atoms in total. The average Bonchev–Trinajstić information content (AvgIpc) is 3.13. The third-order valence-electron chi connectivity index (χ3n) is 3.42. The first-order chi connectivity index (χ1) is 9.83. The van der Waals surface area contributed by atoms with Gasteiger partial charge in [-0.1, -0.05) is 11.2 Å². The van der Waals surface area contributed by atoms with Crippen LogP contribution < -0.4 is 0 Å². The van der Waals surface area contributed by atoms with Crippen molar-refractivity contribution in [2.45, 2.75) is 19.0 Å². The molecule has 0 saturated carbocycles. The molecular formula is C14H16N2O3S. The van der Waals surface area contributed by atoms with E-state index in [0.717, 1.165) is 17.1 Å². The third-order valence-corrected chi connectivity index (χ3v) is 4.33. The Labute approximate surface area is 121 Å². The highest BCUT2D eigenvalue weighted by Gasteiger charge is 2.26. The largest absolute Gasteiger partial charge is 0.378 e. The molecule has 0 bridgehead atoms. The van der Waals surface area contributed by atoms with E-state index in [1.165, 1.54) is 11.3 Å². The van der Waals surface area contributed by atoms with Gasteiger partial charge in [0.1, 0.15) is 6.26 Å². The van der Waals surface area contributed by atoms with E-state index >= 15 is 0 Å². The number of rotatable bonds is 5. The van der Waals surface area contributed by atoms with Gasteiger partial charge in [-0.15, -0.1) is 11.3 Å². The van der Waals surface area contributed by atoms with Crippen LogP contribution in [-0.4, -0.2) is 41.6 Å². The van der Waals surface area contributed by atoms with E-state index in [9.17, 15) is 4.79 Å². The van der Waals surface area contributed by atoms with Crippen LogP contribution in [0.4, 0.5) is 0 Å². The lowest BCUT2D eigenvalue weighted by atomic mass is 10.1. The van der Waals surface area contributed by atoms with E-state index in [1.807, 2.05) is 23.6 Å². The summed E-state index contributed by atoms with van der Waals surface area (Å²) in [5, 5.41) is 5.86. The zero-order valence-corrected chi connectivity index (χ0v) is 11.8. The van der Waals surface area contributed by atoms with Crippen molar-refractivity contribution in [2.75, 3.05) is 19.8 Å². The molecule has 1 fully saturated rings. The molecule has 106 valence electrons. The molecule has 20 heavy (non-hydrogen) atoms. The van der Waals surface area contributed by atoms with E-state index in [1.54, 1.807) is 6.26 Å². The Bertz CT molecular complexity index is 539. The van der Waals surface area contributed by atoms with Crippen molar-refractivity contribution in [1.82, 2.24) is 10.1 Å². The monoisotopic (exact) mass is 292 g/mol. The Morgan fingerprint density at radius 3 is 3.20 bits per heavy atom. The molecule has 6 heteroatoms. The van der Waals surface area contributed by atoms with Gasteiger partial charge in [-0.25, -0.2) is 0 Å². The zero-order chi connectivity index (χ0) is 13.8. The van der Waals surface area contributed by atoms with Gasteiger partial charge in [0.15, 0.2) is 5.78 Å². The number of Topliss-reactive ketones (excluding diaryl/α,β-unsaturated/α-hetero) is 1. The van der Waals surface area contributed by atoms with E-state index in [0.29, 0.717) is 26.2 Å². The molecule has 0 amide bonds. The van der Waals surface area contributed by atoms with Crippen LogP contribution in [0.3, 0.4) is 0 Å². The summed E-state index contributed by atoms with van der Waals surface area (Å²) in [4.78, 5) is 15.3. The lowest BCUT2D eigenvalue weighted by Crippen LogP contribution is -2.45. The van der Waals surface area contributed by atoms with Crippen molar-refractivity contribution in [3.63, 3.8) is 0 Å². The molecule has 1 atom stereocenters. The molecule has 0 spiro atoms. The van der Waals surface area contributed by atoms with Crippen LogP contribution in [-0.2, 0) is 11.3 Å². The lowest BCUT2D eigenvalue weighted by molar-refractivity contribution is -0.0133. The molecule has 2 aromatic heterocycles. The predicted molar refractivity (Wildman–Crippen MR) is 74.8 cm³/mol. The Morgan fingerprint density at radius 1 is 1.50 bits per heavy atom. The predicted octanol–water partition coefficient (Wildman–Crippen LogP) is 2.21. The topological polar surface area (TPSA) is 55.6 Å². The van der Waals surface area contributed by atoms with Gasteiger partial charge in [-0.05, 0) is 11.4 Å². The van der Waals surface area contributed by atoms with Crippen LogP contribution in [0.5, 0.6) is 0 Å². The Kier molecular flexibility index (Phi) is 4.25. The van der Waals surface area contributed by atoms with Gasteiger partial charge < -0.3 is 9.26 Å². The van der Waals surface area contributed by atoms with Crippen LogP contribution in [0.15, 0.2) is 34.4 Å². The fourth-order valence-electron chi connectivity index (χ4n) is 2.36. The van der Waals surface area contributed by atoms with Crippen molar-refractivity contribution in [3.8, 4) is 0 Å². The molecule has 0 aromatic carbocycles. The fourth-order valence-corrected chi connectivity index (χ4v) is 3.04. The molecule has 0 aliphatic carbocycles. The minimum Gasteiger partial charge on any atom is -0.378 e. The van der Waals surface area contributed by atoms with Gasteiger partial charge in [0, 0.05) is 31.6 Å². The zero-order valence-electron chi connectivity index (χ0n) is 11.0. The number of hydrogen-bond donors (Lipinski definition) is 0. The van der Waals surface area contributed by atoms with Crippen LogP contribution in [0.2, 0.25) is 0 Å². The van der Waals surface area contributed by atoms with Crippen molar-refractivity contribution >= 4 is 17.1 Å². The minimum absolute atomic E-state index is 0.107. The Hall–Kier alpha value is -1.50. The molecule has 0 N–H and O–H groups in total. The summed E-state index contributed by atoms with van der Waals surface area (Å²) >= 11 is 1.49. The maximum absolute atomic E-state index is 12.2. The van der Waals surface area contributed by atoms with Crippen molar-refractivity contribution in [3.05, 3.63) is 40.4 Å². The SMILES string of the molecule is O=C(CC1COCCN1Cc1ccon1)c1cccs1. The molecule has 1 aliphatic rings. The molecule has 1 aliphatic heterocycles. The highest BCUT2D eigenvalue weighted by Crippen LogP contribution is 2.18. The van der Waals surface area contributed by atoms with Crippen molar-refractivity contribution < 1.29 is 14.1 Å². The van der Waals surface area contributed by atoms with Gasteiger partial charge in [0.25, 0.3) is 0 Å². The van der Waals surface area contributed by atoms with E-state index in [4.69, 9.17) is 9.26 Å². The maximum atomic E-state index is 12.2. The molecule has 1 unspecified atom stereocenters. The molecule has 1 saturated heterocycles. The first-order valence-electron chi connectivity index (χ1n) is 6.60. The number of ether oxygens (including phenoxy) is 1. The highest BCUT2D eigenvalue weighted by molar-refractivity contribution is 7.12. The second kappa shape index (κ2) is 6.30. The van der Waals surface area contributed by atoms with Gasteiger partial charge >= 0.3 is 0 Å². The number of nitrogens with zero attached hydrogens (tertiary/aromatic N) is 2. The Morgan fingerprint density at radius 2 is 2.45 bits per heavy atom. The second-order valence-electron chi connectivity index (χ2n) is 4.79. The Balaban J connectivity index is 1.64. The number of morpholine rings is 1. The van der Waals surface area contributed by atoms with Crippen LogP contribution in [0, 0.1) is 0 Å². The van der Waals surface area contributed by atoms with Gasteiger partial charge in [-0.3, -0.25) is 9.69 Å².